The third-order valence-corrected chi connectivity index (χ3v) is 3.99. The molecular formula is C18H28ClNO3. The number of carbonyl (C=O) groups is 1. The number of halogens is 1. The van der Waals surface area contributed by atoms with Crippen molar-refractivity contribution in [3.8, 4) is 5.75 Å². The molecule has 0 spiro atoms. The van der Waals surface area contributed by atoms with Gasteiger partial charge in [0.15, 0.2) is 0 Å². The number of ether oxygens (including phenoxy) is 2. The molecule has 0 bridgehead atoms. The molecule has 0 heterocycles. The third-order valence-electron chi connectivity index (χ3n) is 3.69. The van der Waals surface area contributed by atoms with Gasteiger partial charge in [0.25, 0.3) is 5.91 Å². The Labute approximate surface area is 144 Å². The molecule has 1 aromatic carbocycles. The summed E-state index contributed by atoms with van der Waals surface area (Å²) in [5, 5.41) is 3.38. The second-order valence-corrected chi connectivity index (χ2v) is 6.06. The Morgan fingerprint density at radius 1 is 1.22 bits per heavy atom. The summed E-state index contributed by atoms with van der Waals surface area (Å²) in [6.07, 6.45) is 3.86. The number of hydrogen-bond donors (Lipinski definition) is 1. The first kappa shape index (κ1) is 19.8. The van der Waals surface area contributed by atoms with Gasteiger partial charge in [-0.1, -0.05) is 37.8 Å². The van der Waals surface area contributed by atoms with Crippen LogP contribution in [0.1, 0.15) is 53.4 Å². The van der Waals surface area contributed by atoms with Crippen molar-refractivity contribution in [3.63, 3.8) is 0 Å². The molecule has 1 rings (SSSR count). The maximum atomic E-state index is 12.6. The fourth-order valence-electron chi connectivity index (χ4n) is 2.40. The molecule has 0 fully saturated rings. The molecule has 0 saturated heterocycles. The van der Waals surface area contributed by atoms with E-state index in [9.17, 15) is 4.79 Å². The quantitative estimate of drug-likeness (QED) is 0.605. The fourth-order valence-corrected chi connectivity index (χ4v) is 2.63. The Bertz CT molecular complexity index is 507. The molecule has 1 N–H and O–H groups in total. The number of amides is 1. The summed E-state index contributed by atoms with van der Waals surface area (Å²) in [7, 11) is 0. The first-order valence-electron chi connectivity index (χ1n) is 8.34. The molecule has 0 radical (unpaired) electrons. The highest BCUT2D eigenvalue weighted by atomic mass is 35.5. The van der Waals surface area contributed by atoms with Crippen LogP contribution < -0.4 is 10.1 Å². The summed E-state index contributed by atoms with van der Waals surface area (Å²) in [5.74, 6) is 0.471. The largest absolute Gasteiger partial charge is 0.492 e. The van der Waals surface area contributed by atoms with E-state index in [0.717, 1.165) is 19.3 Å². The average Bonchev–Trinajstić information content (AvgIpc) is 2.50. The van der Waals surface area contributed by atoms with Crippen molar-refractivity contribution in [2.75, 3.05) is 18.5 Å². The Morgan fingerprint density at radius 2 is 1.96 bits per heavy atom. The molecule has 0 saturated carbocycles. The highest BCUT2D eigenvalue weighted by Gasteiger charge is 2.33. The summed E-state index contributed by atoms with van der Waals surface area (Å²) >= 11 is 6.16. The maximum absolute atomic E-state index is 12.6. The van der Waals surface area contributed by atoms with Crippen LogP contribution in [0.5, 0.6) is 5.75 Å². The van der Waals surface area contributed by atoms with Gasteiger partial charge in [0.05, 0.1) is 11.6 Å². The van der Waals surface area contributed by atoms with Crippen molar-refractivity contribution in [1.82, 2.24) is 0 Å². The van der Waals surface area contributed by atoms with Crippen LogP contribution in [0.15, 0.2) is 18.2 Å². The lowest BCUT2D eigenvalue weighted by Crippen LogP contribution is -2.42. The normalized spacial score (nSPS) is 13.4. The lowest BCUT2D eigenvalue weighted by atomic mass is 9.96. The maximum Gasteiger partial charge on any atom is 0.256 e. The Balaban J connectivity index is 2.79. The Hall–Kier alpha value is -1.26. The number of nitrogens with one attached hydrogen (secondary N) is 1. The van der Waals surface area contributed by atoms with Crippen molar-refractivity contribution in [2.45, 2.75) is 59.0 Å². The smallest absolute Gasteiger partial charge is 0.256 e. The number of benzene rings is 1. The molecule has 0 aliphatic rings. The lowest BCUT2D eigenvalue weighted by molar-refractivity contribution is -0.139. The summed E-state index contributed by atoms with van der Waals surface area (Å²) < 4.78 is 11.1. The Kier molecular flexibility index (Phi) is 8.42. The van der Waals surface area contributed by atoms with Gasteiger partial charge < -0.3 is 14.8 Å². The zero-order valence-electron chi connectivity index (χ0n) is 14.6. The summed E-state index contributed by atoms with van der Waals surface area (Å²) in [6, 6.07) is 5.24. The van der Waals surface area contributed by atoms with E-state index in [1.54, 1.807) is 18.2 Å². The van der Waals surface area contributed by atoms with Gasteiger partial charge in [-0.2, -0.15) is 0 Å². The van der Waals surface area contributed by atoms with Gasteiger partial charge in [-0.3, -0.25) is 4.79 Å². The van der Waals surface area contributed by atoms with E-state index in [-0.39, 0.29) is 5.91 Å². The molecule has 130 valence electrons. The number of anilines is 1. The molecule has 0 aromatic heterocycles. The van der Waals surface area contributed by atoms with E-state index in [0.29, 0.717) is 36.1 Å². The molecule has 23 heavy (non-hydrogen) atoms. The standard InChI is InChI=1S/C18H28ClNO3/c1-5-8-9-12-18(4,23-7-3)17(21)20-14-10-11-16(22-6-2)15(19)13-14/h10-11,13H,5-9,12H2,1-4H3,(H,20,21)/t18-/m1/s1. The van der Waals surface area contributed by atoms with Gasteiger partial charge >= 0.3 is 0 Å². The van der Waals surface area contributed by atoms with Crippen molar-refractivity contribution < 1.29 is 14.3 Å². The predicted molar refractivity (Wildman–Crippen MR) is 95.4 cm³/mol. The molecule has 4 nitrogen and oxygen atoms in total. The van der Waals surface area contributed by atoms with Crippen LogP contribution in [0.3, 0.4) is 0 Å². The molecule has 5 heteroatoms. The first-order valence-corrected chi connectivity index (χ1v) is 8.72. The van der Waals surface area contributed by atoms with Gasteiger partial charge in [0.2, 0.25) is 0 Å². The topological polar surface area (TPSA) is 47.6 Å². The van der Waals surface area contributed by atoms with Crippen LogP contribution in [0.25, 0.3) is 0 Å². The van der Waals surface area contributed by atoms with Crippen molar-refractivity contribution in [3.05, 3.63) is 23.2 Å². The van der Waals surface area contributed by atoms with Crippen molar-refractivity contribution >= 4 is 23.2 Å². The zero-order valence-corrected chi connectivity index (χ0v) is 15.3. The van der Waals surface area contributed by atoms with Crippen LogP contribution in [0.2, 0.25) is 5.02 Å². The van der Waals surface area contributed by atoms with Gasteiger partial charge in [0.1, 0.15) is 11.4 Å². The van der Waals surface area contributed by atoms with Crippen molar-refractivity contribution in [1.29, 1.82) is 0 Å². The molecule has 0 aliphatic heterocycles. The average molecular weight is 342 g/mol. The number of rotatable bonds is 10. The van der Waals surface area contributed by atoms with Crippen molar-refractivity contribution in [2.24, 2.45) is 0 Å². The van der Waals surface area contributed by atoms with E-state index in [4.69, 9.17) is 21.1 Å². The second kappa shape index (κ2) is 9.78. The van der Waals surface area contributed by atoms with Crippen LogP contribution in [-0.4, -0.2) is 24.7 Å². The minimum absolute atomic E-state index is 0.143. The minimum atomic E-state index is -0.824. The van der Waals surface area contributed by atoms with E-state index < -0.39 is 5.60 Å². The van der Waals surface area contributed by atoms with Crippen LogP contribution >= 0.6 is 11.6 Å². The number of hydrogen-bond acceptors (Lipinski definition) is 3. The molecule has 0 aliphatic carbocycles. The van der Waals surface area contributed by atoms with Gasteiger partial charge in [0, 0.05) is 12.3 Å². The number of carbonyl (C=O) groups excluding carboxylic acids is 1. The van der Waals surface area contributed by atoms with E-state index in [1.165, 1.54) is 0 Å². The monoisotopic (exact) mass is 341 g/mol. The summed E-state index contributed by atoms with van der Waals surface area (Å²) in [4.78, 5) is 12.6. The molecule has 1 amide bonds. The third kappa shape index (κ3) is 6.04. The van der Waals surface area contributed by atoms with E-state index >= 15 is 0 Å². The van der Waals surface area contributed by atoms with Crippen LogP contribution in [-0.2, 0) is 9.53 Å². The van der Waals surface area contributed by atoms with Gasteiger partial charge in [-0.25, -0.2) is 0 Å². The SMILES string of the molecule is CCCCC[C@@](C)(OCC)C(=O)Nc1ccc(OCC)c(Cl)c1. The minimum Gasteiger partial charge on any atom is -0.492 e. The fraction of sp³-hybridized carbons (Fsp3) is 0.611. The molecule has 1 aromatic rings. The molecule has 0 unspecified atom stereocenters. The van der Waals surface area contributed by atoms with Gasteiger partial charge in [-0.15, -0.1) is 0 Å². The lowest BCUT2D eigenvalue weighted by Gasteiger charge is -2.28. The molecule has 1 atom stereocenters. The van der Waals surface area contributed by atoms with E-state index in [1.807, 2.05) is 20.8 Å². The zero-order chi connectivity index (χ0) is 17.3. The predicted octanol–water partition coefficient (Wildman–Crippen LogP) is 5.05. The first-order chi connectivity index (χ1) is 11.0. The summed E-state index contributed by atoms with van der Waals surface area (Å²) in [6.45, 7) is 8.83. The highest BCUT2D eigenvalue weighted by molar-refractivity contribution is 6.32. The van der Waals surface area contributed by atoms with Crippen LogP contribution in [0.4, 0.5) is 5.69 Å². The number of unbranched alkanes of at least 4 members (excludes halogenated alkanes) is 2. The Morgan fingerprint density at radius 3 is 2.52 bits per heavy atom. The molecular weight excluding hydrogens is 314 g/mol. The highest BCUT2D eigenvalue weighted by Crippen LogP contribution is 2.29. The summed E-state index contributed by atoms with van der Waals surface area (Å²) in [5.41, 5.74) is -0.181. The van der Waals surface area contributed by atoms with E-state index in [2.05, 4.69) is 12.2 Å². The second-order valence-electron chi connectivity index (χ2n) is 5.65. The van der Waals surface area contributed by atoms with Gasteiger partial charge in [-0.05, 0) is 45.4 Å². The van der Waals surface area contributed by atoms with Crippen LogP contribution in [0, 0.1) is 0 Å².